The molecule has 0 aliphatic carbocycles. The number of aromatic nitrogens is 2. The number of nitrogens with one attached hydrogen (secondary N) is 1. The number of amides is 1. The summed E-state index contributed by atoms with van der Waals surface area (Å²) in [4.78, 5) is 31.1. The average molecular weight is 498 g/mol. The molecule has 3 aromatic heterocycles. The van der Waals surface area contributed by atoms with Crippen LogP contribution in [0.25, 0.3) is 16.8 Å². The van der Waals surface area contributed by atoms with Crippen LogP contribution < -0.4 is 5.32 Å². The molecule has 6 nitrogen and oxygen atoms in total. The van der Waals surface area contributed by atoms with Gasteiger partial charge in [0.15, 0.2) is 0 Å². The third kappa shape index (κ3) is 4.26. The van der Waals surface area contributed by atoms with Crippen molar-refractivity contribution in [2.45, 2.75) is 20.8 Å². The van der Waals surface area contributed by atoms with Gasteiger partial charge in [-0.2, -0.15) is 0 Å². The second-order valence-electron chi connectivity index (χ2n) is 7.01. The van der Waals surface area contributed by atoms with Gasteiger partial charge in [0.25, 0.3) is 5.91 Å². The van der Waals surface area contributed by atoms with E-state index in [0.29, 0.717) is 16.2 Å². The number of imidazole rings is 1. The monoisotopic (exact) mass is 497 g/mol. The van der Waals surface area contributed by atoms with E-state index in [2.05, 4.69) is 26.2 Å². The number of ether oxygens (including phenoxy) is 1. The second kappa shape index (κ2) is 8.64. The number of benzene rings is 1. The van der Waals surface area contributed by atoms with E-state index in [0.717, 1.165) is 26.0 Å². The van der Waals surface area contributed by atoms with Crippen LogP contribution in [0.1, 0.15) is 38.2 Å². The molecular formula is C23H20BrN3O3S. The van der Waals surface area contributed by atoms with Crippen molar-refractivity contribution in [3.05, 3.63) is 75.0 Å². The van der Waals surface area contributed by atoms with Crippen LogP contribution in [0.5, 0.6) is 0 Å². The Kier molecular flexibility index (Phi) is 5.93. The fraction of sp³-hybridized carbons (Fsp3) is 0.174. The lowest BCUT2D eigenvalue weighted by molar-refractivity contribution is 0.0529. The summed E-state index contributed by atoms with van der Waals surface area (Å²) in [5.74, 6) is -0.846. The molecule has 0 aliphatic heterocycles. The maximum atomic E-state index is 13.0. The Balaban J connectivity index is 1.74. The number of thiophene rings is 1. The number of rotatable bonds is 5. The van der Waals surface area contributed by atoms with E-state index in [1.165, 1.54) is 11.3 Å². The standard InChI is InChI=1S/C23H20BrN3O3S/c1-4-30-23(29)20-19(15-5-7-16(24)8-6-15)14(3)31-22(20)26-21(28)17-12-27-10-9-13(2)11-18(27)25-17/h5-12H,4H2,1-3H3,(H,26,28). The number of pyridine rings is 1. The Bertz CT molecular complexity index is 1290. The molecule has 4 aromatic rings. The lowest BCUT2D eigenvalue weighted by Gasteiger charge is -2.09. The first-order valence-electron chi connectivity index (χ1n) is 9.70. The molecule has 1 aromatic carbocycles. The molecule has 0 fully saturated rings. The van der Waals surface area contributed by atoms with E-state index >= 15 is 0 Å². The van der Waals surface area contributed by atoms with Crippen molar-refractivity contribution in [3.63, 3.8) is 0 Å². The van der Waals surface area contributed by atoms with Crippen molar-refractivity contribution in [1.29, 1.82) is 0 Å². The Hall–Kier alpha value is -2.97. The van der Waals surface area contributed by atoms with Crippen LogP contribution in [0.3, 0.4) is 0 Å². The lowest BCUT2D eigenvalue weighted by Crippen LogP contribution is -2.15. The molecule has 158 valence electrons. The molecule has 0 unspecified atom stereocenters. The van der Waals surface area contributed by atoms with E-state index in [-0.39, 0.29) is 18.2 Å². The number of esters is 1. The molecule has 0 saturated carbocycles. The molecule has 3 heterocycles. The smallest absolute Gasteiger partial charge is 0.341 e. The summed E-state index contributed by atoms with van der Waals surface area (Å²) in [6.07, 6.45) is 3.53. The minimum absolute atomic E-state index is 0.243. The quantitative estimate of drug-likeness (QED) is 0.350. The van der Waals surface area contributed by atoms with Crippen LogP contribution >= 0.6 is 27.3 Å². The van der Waals surface area contributed by atoms with Crippen LogP contribution in [0.15, 0.2) is 53.3 Å². The molecule has 4 rings (SSSR count). The highest BCUT2D eigenvalue weighted by Crippen LogP contribution is 2.41. The minimum Gasteiger partial charge on any atom is -0.462 e. The molecular weight excluding hydrogens is 478 g/mol. The number of carbonyl (C=O) groups excluding carboxylic acids is 2. The van der Waals surface area contributed by atoms with Crippen molar-refractivity contribution in [1.82, 2.24) is 9.38 Å². The van der Waals surface area contributed by atoms with E-state index in [1.807, 2.05) is 56.4 Å². The summed E-state index contributed by atoms with van der Waals surface area (Å²) in [5.41, 5.74) is 4.02. The predicted octanol–water partition coefficient (Wildman–Crippen LogP) is 5.87. The number of hydrogen-bond donors (Lipinski definition) is 1. The highest BCUT2D eigenvalue weighted by Gasteiger charge is 2.26. The highest BCUT2D eigenvalue weighted by molar-refractivity contribution is 9.10. The summed E-state index contributed by atoms with van der Waals surface area (Å²) in [5, 5.41) is 3.33. The Morgan fingerprint density at radius 1 is 1.19 bits per heavy atom. The van der Waals surface area contributed by atoms with Gasteiger partial charge in [-0.3, -0.25) is 4.79 Å². The van der Waals surface area contributed by atoms with Gasteiger partial charge >= 0.3 is 5.97 Å². The zero-order valence-corrected chi connectivity index (χ0v) is 19.6. The molecule has 0 radical (unpaired) electrons. The molecule has 1 N–H and O–H groups in total. The SMILES string of the molecule is CCOC(=O)c1c(NC(=O)c2cn3ccc(C)cc3n2)sc(C)c1-c1ccc(Br)cc1. The number of aryl methyl sites for hydroxylation is 2. The van der Waals surface area contributed by atoms with Gasteiger partial charge in [-0.25, -0.2) is 9.78 Å². The minimum atomic E-state index is -0.467. The number of carbonyl (C=O) groups is 2. The van der Waals surface area contributed by atoms with Crippen molar-refractivity contribution in [2.24, 2.45) is 0 Å². The second-order valence-corrected chi connectivity index (χ2v) is 9.15. The third-order valence-electron chi connectivity index (χ3n) is 4.77. The Labute approximate surface area is 192 Å². The largest absolute Gasteiger partial charge is 0.462 e. The van der Waals surface area contributed by atoms with Crippen molar-refractivity contribution >= 4 is 49.8 Å². The first-order chi connectivity index (χ1) is 14.9. The first-order valence-corrected chi connectivity index (χ1v) is 11.3. The van der Waals surface area contributed by atoms with Gasteiger partial charge < -0.3 is 14.5 Å². The van der Waals surface area contributed by atoms with Gasteiger partial charge in [0.1, 0.15) is 21.9 Å². The fourth-order valence-corrected chi connectivity index (χ4v) is 4.68. The van der Waals surface area contributed by atoms with Crippen LogP contribution in [-0.4, -0.2) is 27.9 Å². The van der Waals surface area contributed by atoms with Crippen molar-refractivity contribution in [2.75, 3.05) is 11.9 Å². The number of anilines is 1. The van der Waals surface area contributed by atoms with Gasteiger partial charge in [-0.1, -0.05) is 28.1 Å². The van der Waals surface area contributed by atoms with E-state index < -0.39 is 5.97 Å². The predicted molar refractivity (Wildman–Crippen MR) is 126 cm³/mol. The molecule has 0 bridgehead atoms. The fourth-order valence-electron chi connectivity index (χ4n) is 3.36. The normalized spacial score (nSPS) is 11.0. The van der Waals surface area contributed by atoms with Crippen LogP contribution in [0.4, 0.5) is 5.00 Å². The van der Waals surface area contributed by atoms with Gasteiger partial charge in [-0.15, -0.1) is 11.3 Å². The molecule has 31 heavy (non-hydrogen) atoms. The summed E-state index contributed by atoms with van der Waals surface area (Å²) in [6.45, 7) is 5.90. The van der Waals surface area contributed by atoms with E-state index in [1.54, 1.807) is 17.5 Å². The van der Waals surface area contributed by atoms with Gasteiger partial charge in [0, 0.05) is 27.3 Å². The van der Waals surface area contributed by atoms with E-state index in [9.17, 15) is 9.59 Å². The zero-order valence-electron chi connectivity index (χ0n) is 17.2. The number of hydrogen-bond acceptors (Lipinski definition) is 5. The molecule has 0 aliphatic rings. The topological polar surface area (TPSA) is 72.7 Å². The third-order valence-corrected chi connectivity index (χ3v) is 6.32. The van der Waals surface area contributed by atoms with E-state index in [4.69, 9.17) is 4.74 Å². The number of fused-ring (bicyclic) bond motifs is 1. The Morgan fingerprint density at radius 2 is 1.94 bits per heavy atom. The maximum Gasteiger partial charge on any atom is 0.341 e. The molecule has 0 atom stereocenters. The van der Waals surface area contributed by atoms with Gasteiger partial charge in [-0.05, 0) is 56.2 Å². The molecule has 0 spiro atoms. The maximum absolute atomic E-state index is 13.0. The molecule has 8 heteroatoms. The van der Waals surface area contributed by atoms with Crippen molar-refractivity contribution < 1.29 is 14.3 Å². The highest BCUT2D eigenvalue weighted by atomic mass is 79.9. The Morgan fingerprint density at radius 3 is 2.65 bits per heavy atom. The van der Waals surface area contributed by atoms with Gasteiger partial charge in [0.05, 0.1) is 6.61 Å². The van der Waals surface area contributed by atoms with Crippen molar-refractivity contribution in [3.8, 4) is 11.1 Å². The average Bonchev–Trinajstić information content (AvgIpc) is 3.29. The summed E-state index contributed by atoms with van der Waals surface area (Å²) in [7, 11) is 0. The number of nitrogens with zero attached hydrogens (tertiary/aromatic N) is 2. The molecule has 0 saturated heterocycles. The summed E-state index contributed by atoms with van der Waals surface area (Å²) in [6, 6.07) is 11.5. The van der Waals surface area contributed by atoms with Crippen LogP contribution in [0.2, 0.25) is 0 Å². The lowest BCUT2D eigenvalue weighted by atomic mass is 10.0. The molecule has 1 amide bonds. The van der Waals surface area contributed by atoms with Crippen LogP contribution in [0, 0.1) is 13.8 Å². The van der Waals surface area contributed by atoms with Crippen LogP contribution in [-0.2, 0) is 4.74 Å². The number of halogens is 1. The zero-order chi connectivity index (χ0) is 22.1. The first kappa shape index (κ1) is 21.3. The van der Waals surface area contributed by atoms with Gasteiger partial charge in [0.2, 0.25) is 0 Å². The summed E-state index contributed by atoms with van der Waals surface area (Å²) < 4.78 is 8.04. The summed E-state index contributed by atoms with van der Waals surface area (Å²) >= 11 is 4.78.